The summed E-state index contributed by atoms with van der Waals surface area (Å²) in [6.45, 7) is 0. The first-order chi connectivity index (χ1) is 12.0. The van der Waals surface area contributed by atoms with E-state index in [0.29, 0.717) is 11.3 Å². The summed E-state index contributed by atoms with van der Waals surface area (Å²) in [6.07, 6.45) is 0. The molecule has 0 aliphatic carbocycles. The van der Waals surface area contributed by atoms with Gasteiger partial charge in [0, 0.05) is 0 Å². The number of rotatable bonds is 5. The molecule has 0 aromatic heterocycles. The fraction of sp³-hybridized carbons (Fsp3) is 0.312. The molecule has 0 spiro atoms. The maximum Gasteiger partial charge on any atom is 0.356 e. The zero-order valence-corrected chi connectivity index (χ0v) is 14.2. The van der Waals surface area contributed by atoms with Crippen LogP contribution >= 0.6 is 11.8 Å². The molecule has 4 N–H and O–H groups in total. The van der Waals surface area contributed by atoms with Crippen molar-refractivity contribution in [3.8, 4) is 0 Å². The lowest BCUT2D eigenvalue weighted by molar-refractivity contribution is -0.151. The van der Waals surface area contributed by atoms with Crippen LogP contribution in [0.15, 0.2) is 41.8 Å². The predicted octanol–water partition coefficient (Wildman–Crippen LogP) is 0.0289. The normalized spacial score (nSPS) is 23.4. The molecule has 1 saturated heterocycles. The number of amides is 2. The largest absolute Gasteiger partial charge is 0.498 e. The lowest BCUT2D eigenvalue weighted by Crippen LogP contribution is -2.71. The maximum atomic E-state index is 12.4. The molecule has 3 rings (SSSR count). The molecular formula is C16H17N3O5S. The summed E-state index contributed by atoms with van der Waals surface area (Å²) in [7, 11) is 1.36. The molecule has 0 saturated carbocycles. The molecule has 2 heterocycles. The highest BCUT2D eigenvalue weighted by molar-refractivity contribution is 8.00. The first-order valence-electron chi connectivity index (χ1n) is 7.51. The van der Waals surface area contributed by atoms with Crippen LogP contribution in [-0.2, 0) is 19.1 Å². The number of hydrogen-bond acceptors (Lipinski definition) is 6. The number of nitrogens with two attached hydrogens (primary N) is 1. The van der Waals surface area contributed by atoms with Crippen molar-refractivity contribution in [2.24, 2.45) is 5.73 Å². The van der Waals surface area contributed by atoms with Gasteiger partial charge in [-0.25, -0.2) is 4.79 Å². The van der Waals surface area contributed by atoms with Gasteiger partial charge in [-0.3, -0.25) is 14.5 Å². The molecule has 9 heteroatoms. The molecule has 25 heavy (non-hydrogen) atoms. The molecule has 1 aromatic rings. The molecular weight excluding hydrogens is 346 g/mol. The number of carboxylic acids is 1. The molecule has 1 aromatic carbocycles. The van der Waals surface area contributed by atoms with E-state index in [-0.39, 0.29) is 11.5 Å². The van der Waals surface area contributed by atoms with E-state index in [2.05, 4.69) is 5.32 Å². The maximum absolute atomic E-state index is 12.4. The zero-order valence-electron chi connectivity index (χ0n) is 13.3. The number of hydrogen-bond donors (Lipinski definition) is 3. The van der Waals surface area contributed by atoms with E-state index >= 15 is 0 Å². The van der Waals surface area contributed by atoms with E-state index in [0.717, 1.165) is 4.90 Å². The van der Waals surface area contributed by atoms with Gasteiger partial charge in [0.05, 0.1) is 12.9 Å². The van der Waals surface area contributed by atoms with Crippen molar-refractivity contribution < 1.29 is 24.2 Å². The number of β-lactam (4-membered cyclic amide) rings is 1. The number of fused-ring (bicyclic) bond motifs is 1. The van der Waals surface area contributed by atoms with Crippen LogP contribution in [0, 0.1) is 0 Å². The molecule has 2 aliphatic rings. The quantitative estimate of drug-likeness (QED) is 0.631. The zero-order chi connectivity index (χ0) is 18.1. The number of benzene rings is 1. The van der Waals surface area contributed by atoms with E-state index in [1.165, 1.54) is 18.9 Å². The van der Waals surface area contributed by atoms with Gasteiger partial charge in [0.2, 0.25) is 5.91 Å². The van der Waals surface area contributed by atoms with Crippen LogP contribution in [0.1, 0.15) is 11.6 Å². The number of nitrogens with one attached hydrogen (secondary N) is 1. The fourth-order valence-electron chi connectivity index (χ4n) is 2.80. The Hall–Kier alpha value is -2.52. The summed E-state index contributed by atoms with van der Waals surface area (Å²) in [4.78, 5) is 37.3. The van der Waals surface area contributed by atoms with E-state index < -0.39 is 35.2 Å². The third kappa shape index (κ3) is 2.96. The Morgan fingerprint density at radius 2 is 2.08 bits per heavy atom. The van der Waals surface area contributed by atoms with Crippen LogP contribution in [0.4, 0.5) is 0 Å². The molecule has 1 fully saturated rings. The topological polar surface area (TPSA) is 122 Å². The van der Waals surface area contributed by atoms with E-state index in [9.17, 15) is 19.5 Å². The molecule has 0 radical (unpaired) electrons. The first kappa shape index (κ1) is 17.3. The molecule has 132 valence electrons. The van der Waals surface area contributed by atoms with Gasteiger partial charge < -0.3 is 20.9 Å². The summed E-state index contributed by atoms with van der Waals surface area (Å²) in [5, 5.41) is 11.5. The van der Waals surface area contributed by atoms with Crippen molar-refractivity contribution in [2.45, 2.75) is 17.5 Å². The van der Waals surface area contributed by atoms with Gasteiger partial charge >= 0.3 is 5.97 Å². The van der Waals surface area contributed by atoms with Gasteiger partial charge in [0.15, 0.2) is 5.70 Å². The van der Waals surface area contributed by atoms with Crippen molar-refractivity contribution in [1.82, 2.24) is 10.2 Å². The van der Waals surface area contributed by atoms with Crippen LogP contribution < -0.4 is 11.1 Å². The lowest BCUT2D eigenvalue weighted by atomic mass is 10.0. The third-order valence-corrected chi connectivity index (χ3v) is 5.37. The van der Waals surface area contributed by atoms with Crippen molar-refractivity contribution in [2.75, 3.05) is 12.9 Å². The Kier molecular flexibility index (Phi) is 4.69. The lowest BCUT2D eigenvalue weighted by Gasteiger charge is -2.49. The minimum absolute atomic E-state index is 0.172. The average molecular weight is 363 g/mol. The summed E-state index contributed by atoms with van der Waals surface area (Å²) in [5.41, 5.74) is 6.39. The number of thioether (sulfide) groups is 1. The van der Waals surface area contributed by atoms with Crippen molar-refractivity contribution >= 4 is 29.5 Å². The van der Waals surface area contributed by atoms with Crippen molar-refractivity contribution in [3.05, 3.63) is 47.4 Å². The fourth-order valence-corrected chi connectivity index (χ4v) is 4.11. The second-order valence-electron chi connectivity index (χ2n) is 5.57. The van der Waals surface area contributed by atoms with Crippen LogP contribution in [0.2, 0.25) is 0 Å². The Morgan fingerprint density at radius 1 is 1.40 bits per heavy atom. The highest BCUT2D eigenvalue weighted by atomic mass is 32.2. The van der Waals surface area contributed by atoms with Crippen LogP contribution in [0.3, 0.4) is 0 Å². The highest BCUT2D eigenvalue weighted by Crippen LogP contribution is 2.40. The minimum atomic E-state index is -1.23. The third-order valence-electron chi connectivity index (χ3n) is 4.12. The predicted molar refractivity (Wildman–Crippen MR) is 90.1 cm³/mol. The molecule has 8 nitrogen and oxygen atoms in total. The van der Waals surface area contributed by atoms with Crippen LogP contribution in [0.5, 0.6) is 0 Å². The Morgan fingerprint density at radius 3 is 2.68 bits per heavy atom. The number of nitrogens with zero attached hydrogens (tertiary/aromatic N) is 1. The van der Waals surface area contributed by atoms with E-state index in [1.54, 1.807) is 24.3 Å². The first-order valence-corrected chi connectivity index (χ1v) is 8.56. The highest BCUT2D eigenvalue weighted by Gasteiger charge is 2.54. The Balaban J connectivity index is 1.73. The monoisotopic (exact) mass is 363 g/mol. The van der Waals surface area contributed by atoms with Gasteiger partial charge in [-0.05, 0) is 5.56 Å². The summed E-state index contributed by atoms with van der Waals surface area (Å²) >= 11 is 1.33. The molecule has 0 bridgehead atoms. The Bertz CT molecular complexity index is 751. The number of ether oxygens (including phenoxy) is 1. The van der Waals surface area contributed by atoms with Crippen LogP contribution in [-0.4, -0.2) is 52.1 Å². The van der Waals surface area contributed by atoms with Crippen molar-refractivity contribution in [1.29, 1.82) is 0 Å². The summed E-state index contributed by atoms with van der Waals surface area (Å²) in [5.74, 6) is -1.67. The second kappa shape index (κ2) is 6.77. The summed E-state index contributed by atoms with van der Waals surface area (Å²) in [6, 6.07) is 7.10. The average Bonchev–Trinajstić information content (AvgIpc) is 2.64. The number of aliphatic carboxylic acids is 1. The number of carbonyl (C=O) groups excluding carboxylic acids is 2. The van der Waals surface area contributed by atoms with Gasteiger partial charge in [0.1, 0.15) is 23.2 Å². The number of methoxy groups -OCH3 is 1. The standard InChI is InChI=1S/C16H17N3O5S/c1-24-9-7-25-15-11(14(21)19(15)12(9)16(22)23)18-13(20)10(17)8-5-3-2-4-6-8/h2-6,10-11,15H,7,17H2,1H3,(H,18,20)(H,22,23)/t10?,11?,15-/m0/s1. The SMILES string of the molecule is COC1=C(C(=O)O)N2C(=O)C(NC(=O)C(N)c3ccccc3)[C@@H]2SC1. The van der Waals surface area contributed by atoms with E-state index in [1.807, 2.05) is 6.07 Å². The molecule has 2 amide bonds. The van der Waals surface area contributed by atoms with Gasteiger partial charge in [-0.1, -0.05) is 30.3 Å². The smallest absolute Gasteiger partial charge is 0.356 e. The van der Waals surface area contributed by atoms with E-state index in [4.69, 9.17) is 10.5 Å². The number of carbonyl (C=O) groups is 3. The minimum Gasteiger partial charge on any atom is -0.498 e. The molecule has 3 atom stereocenters. The van der Waals surface area contributed by atoms with Gasteiger partial charge in [0.25, 0.3) is 5.91 Å². The second-order valence-corrected chi connectivity index (χ2v) is 6.67. The van der Waals surface area contributed by atoms with Gasteiger partial charge in [-0.15, -0.1) is 11.8 Å². The molecule has 2 aliphatic heterocycles. The molecule has 2 unspecified atom stereocenters. The number of carboxylic acid groups (broad SMARTS) is 1. The van der Waals surface area contributed by atoms with Gasteiger partial charge in [-0.2, -0.15) is 0 Å². The van der Waals surface area contributed by atoms with Crippen LogP contribution in [0.25, 0.3) is 0 Å². The summed E-state index contributed by atoms with van der Waals surface area (Å²) < 4.78 is 5.06. The Labute approximate surface area is 148 Å². The van der Waals surface area contributed by atoms with Crippen molar-refractivity contribution in [3.63, 3.8) is 0 Å².